The lowest BCUT2D eigenvalue weighted by Gasteiger charge is -2.24. The van der Waals surface area contributed by atoms with Crippen molar-refractivity contribution in [1.82, 2.24) is 0 Å². The summed E-state index contributed by atoms with van der Waals surface area (Å²) in [4.78, 5) is 4.60. The molecule has 5 nitrogen and oxygen atoms in total. The van der Waals surface area contributed by atoms with Gasteiger partial charge in [-0.2, -0.15) is 0 Å². The lowest BCUT2D eigenvalue weighted by atomic mass is 10.1. The zero-order valence-corrected chi connectivity index (χ0v) is 10.6. The van der Waals surface area contributed by atoms with Gasteiger partial charge in [0.05, 0.1) is 20.3 Å². The van der Waals surface area contributed by atoms with Gasteiger partial charge in [0.25, 0.3) is 0 Å². The summed E-state index contributed by atoms with van der Waals surface area (Å²) in [5.74, 6) is 6.47. The Bertz CT molecular complexity index is 377. The maximum atomic E-state index is 5.89. The molecule has 0 radical (unpaired) electrons. The molecule has 0 saturated carbocycles. The summed E-state index contributed by atoms with van der Waals surface area (Å²) in [5, 5.41) is 0. The Labute approximate surface area is 107 Å². The van der Waals surface area contributed by atoms with Gasteiger partial charge in [-0.25, -0.2) is 5.90 Å². The molecule has 0 bridgehead atoms. The van der Waals surface area contributed by atoms with Crippen LogP contribution in [0.25, 0.3) is 0 Å². The molecule has 1 aliphatic rings. The molecule has 2 rings (SSSR count). The molecule has 18 heavy (non-hydrogen) atoms. The number of ether oxygens (including phenoxy) is 3. The van der Waals surface area contributed by atoms with Crippen molar-refractivity contribution in [3.8, 4) is 11.5 Å². The Hall–Kier alpha value is -1.30. The first-order chi connectivity index (χ1) is 8.83. The summed E-state index contributed by atoms with van der Waals surface area (Å²) in [6.45, 7) is 1.81. The van der Waals surface area contributed by atoms with E-state index in [9.17, 15) is 0 Å². The SMILES string of the molecule is COc1cc(CON)ccc1OC1CCCOC1. The minimum absolute atomic E-state index is 0.101. The van der Waals surface area contributed by atoms with Crippen LogP contribution in [0.15, 0.2) is 18.2 Å². The third kappa shape index (κ3) is 3.35. The molecule has 1 heterocycles. The van der Waals surface area contributed by atoms with E-state index in [0.29, 0.717) is 19.0 Å². The van der Waals surface area contributed by atoms with Gasteiger partial charge in [-0.05, 0) is 30.5 Å². The molecule has 1 aromatic carbocycles. The highest BCUT2D eigenvalue weighted by Crippen LogP contribution is 2.30. The van der Waals surface area contributed by atoms with Crippen molar-refractivity contribution in [1.29, 1.82) is 0 Å². The van der Waals surface area contributed by atoms with Crippen LogP contribution in [-0.4, -0.2) is 26.4 Å². The van der Waals surface area contributed by atoms with Crippen LogP contribution < -0.4 is 15.4 Å². The van der Waals surface area contributed by atoms with E-state index in [1.54, 1.807) is 7.11 Å². The van der Waals surface area contributed by atoms with Crippen LogP contribution in [0.2, 0.25) is 0 Å². The summed E-state index contributed by atoms with van der Waals surface area (Å²) in [7, 11) is 1.62. The van der Waals surface area contributed by atoms with Crippen LogP contribution in [0.1, 0.15) is 18.4 Å². The molecule has 1 atom stereocenters. The van der Waals surface area contributed by atoms with Crippen molar-refractivity contribution < 1.29 is 19.0 Å². The Morgan fingerprint density at radius 2 is 2.28 bits per heavy atom. The highest BCUT2D eigenvalue weighted by Gasteiger charge is 2.17. The predicted octanol–water partition coefficient (Wildman–Crippen LogP) is 1.64. The molecule has 2 N–H and O–H groups in total. The maximum Gasteiger partial charge on any atom is 0.161 e. The third-order valence-electron chi connectivity index (χ3n) is 2.89. The fourth-order valence-corrected chi connectivity index (χ4v) is 1.98. The normalized spacial score (nSPS) is 19.6. The number of hydrogen-bond acceptors (Lipinski definition) is 5. The predicted molar refractivity (Wildman–Crippen MR) is 66.4 cm³/mol. The van der Waals surface area contributed by atoms with Crippen LogP contribution in [-0.2, 0) is 16.2 Å². The van der Waals surface area contributed by atoms with E-state index in [0.717, 1.165) is 30.8 Å². The fourth-order valence-electron chi connectivity index (χ4n) is 1.98. The van der Waals surface area contributed by atoms with Gasteiger partial charge in [0.1, 0.15) is 6.10 Å². The molecule has 0 amide bonds. The quantitative estimate of drug-likeness (QED) is 0.808. The van der Waals surface area contributed by atoms with Gasteiger partial charge < -0.3 is 14.2 Å². The Kier molecular flexibility index (Phi) is 4.81. The molecule has 5 heteroatoms. The molecule has 1 fully saturated rings. The Balaban J connectivity index is 2.06. The summed E-state index contributed by atoms with van der Waals surface area (Å²) in [5.41, 5.74) is 0.946. The molecule has 100 valence electrons. The van der Waals surface area contributed by atoms with Crippen molar-refractivity contribution in [2.75, 3.05) is 20.3 Å². The number of rotatable bonds is 5. The molecule has 0 spiro atoms. The van der Waals surface area contributed by atoms with Crippen molar-refractivity contribution in [2.45, 2.75) is 25.6 Å². The maximum absolute atomic E-state index is 5.89. The third-order valence-corrected chi connectivity index (χ3v) is 2.89. The van der Waals surface area contributed by atoms with E-state index < -0.39 is 0 Å². The van der Waals surface area contributed by atoms with Crippen molar-refractivity contribution in [3.63, 3.8) is 0 Å². The molecule has 0 aromatic heterocycles. The topological polar surface area (TPSA) is 62.9 Å². The molecule has 1 aliphatic heterocycles. The number of hydrogen-bond donors (Lipinski definition) is 1. The first-order valence-electron chi connectivity index (χ1n) is 6.06. The van der Waals surface area contributed by atoms with Gasteiger partial charge in [0.15, 0.2) is 11.5 Å². The number of methoxy groups -OCH3 is 1. The van der Waals surface area contributed by atoms with Crippen LogP contribution in [0.3, 0.4) is 0 Å². The van der Waals surface area contributed by atoms with Crippen LogP contribution in [0.5, 0.6) is 11.5 Å². The second-order valence-corrected chi connectivity index (χ2v) is 4.25. The molecule has 1 aromatic rings. The smallest absolute Gasteiger partial charge is 0.161 e. The van der Waals surface area contributed by atoms with Crippen LogP contribution in [0, 0.1) is 0 Å². The summed E-state index contributed by atoms with van der Waals surface area (Å²) >= 11 is 0. The highest BCUT2D eigenvalue weighted by atomic mass is 16.6. The number of benzene rings is 1. The average Bonchev–Trinajstić information content (AvgIpc) is 2.42. The monoisotopic (exact) mass is 253 g/mol. The zero-order chi connectivity index (χ0) is 12.8. The summed E-state index contributed by atoms with van der Waals surface area (Å²) in [6, 6.07) is 5.65. The largest absolute Gasteiger partial charge is 0.493 e. The summed E-state index contributed by atoms with van der Waals surface area (Å²) < 4.78 is 16.6. The van der Waals surface area contributed by atoms with Crippen LogP contribution >= 0.6 is 0 Å². The first-order valence-corrected chi connectivity index (χ1v) is 6.06. The molecular weight excluding hydrogens is 234 g/mol. The molecule has 1 saturated heterocycles. The van der Waals surface area contributed by atoms with E-state index >= 15 is 0 Å². The molecule has 0 aliphatic carbocycles. The van der Waals surface area contributed by atoms with Gasteiger partial charge >= 0.3 is 0 Å². The van der Waals surface area contributed by atoms with Gasteiger partial charge in [-0.1, -0.05) is 6.07 Å². The van der Waals surface area contributed by atoms with E-state index in [-0.39, 0.29) is 6.10 Å². The Morgan fingerprint density at radius 3 is 2.94 bits per heavy atom. The van der Waals surface area contributed by atoms with E-state index in [2.05, 4.69) is 4.84 Å². The average molecular weight is 253 g/mol. The zero-order valence-electron chi connectivity index (χ0n) is 10.6. The van der Waals surface area contributed by atoms with Gasteiger partial charge in [0.2, 0.25) is 0 Å². The summed E-state index contributed by atoms with van der Waals surface area (Å²) in [6.07, 6.45) is 2.15. The van der Waals surface area contributed by atoms with Gasteiger partial charge in [0, 0.05) is 6.61 Å². The fraction of sp³-hybridized carbons (Fsp3) is 0.538. The van der Waals surface area contributed by atoms with Crippen LogP contribution in [0.4, 0.5) is 0 Å². The minimum Gasteiger partial charge on any atom is -0.493 e. The minimum atomic E-state index is 0.101. The van der Waals surface area contributed by atoms with Gasteiger partial charge in [-0.15, -0.1) is 0 Å². The number of nitrogens with two attached hydrogens (primary N) is 1. The second kappa shape index (κ2) is 6.58. The lowest BCUT2D eigenvalue weighted by molar-refractivity contribution is 0.00641. The van der Waals surface area contributed by atoms with E-state index in [4.69, 9.17) is 20.1 Å². The first kappa shape index (κ1) is 13.1. The van der Waals surface area contributed by atoms with Crippen molar-refractivity contribution in [2.24, 2.45) is 5.90 Å². The lowest BCUT2D eigenvalue weighted by Crippen LogP contribution is -2.28. The van der Waals surface area contributed by atoms with Crippen molar-refractivity contribution >= 4 is 0 Å². The molecular formula is C13H19NO4. The Morgan fingerprint density at radius 1 is 1.39 bits per heavy atom. The standard InChI is InChI=1S/C13H19NO4/c1-15-13-7-10(8-17-14)4-5-12(13)18-11-3-2-6-16-9-11/h4-5,7,11H,2-3,6,8-9,14H2,1H3. The van der Waals surface area contributed by atoms with Gasteiger partial charge in [-0.3, -0.25) is 4.84 Å². The van der Waals surface area contributed by atoms with Crippen molar-refractivity contribution in [3.05, 3.63) is 23.8 Å². The van der Waals surface area contributed by atoms with E-state index in [1.165, 1.54) is 0 Å². The highest BCUT2D eigenvalue weighted by molar-refractivity contribution is 5.43. The second-order valence-electron chi connectivity index (χ2n) is 4.25. The van der Waals surface area contributed by atoms with E-state index in [1.807, 2.05) is 18.2 Å². The molecule has 1 unspecified atom stereocenters.